The molecule has 1 fully saturated rings. The number of alkyl halides is 2. The molecule has 0 spiro atoms. The number of nitrogens with zero attached hydrogens (tertiary/aromatic N) is 1. The summed E-state index contributed by atoms with van der Waals surface area (Å²) in [7, 11) is 0. The van der Waals surface area contributed by atoms with Crippen LogP contribution in [0.2, 0.25) is 0 Å². The third kappa shape index (κ3) is 3.40. The van der Waals surface area contributed by atoms with Crippen LogP contribution in [-0.2, 0) is 20.9 Å². The Kier molecular flexibility index (Phi) is 5.18. The first-order valence-electron chi connectivity index (χ1n) is 5.63. The molecule has 1 saturated heterocycles. The maximum absolute atomic E-state index is 11.9. The number of hydrogen-bond acceptors (Lipinski definition) is 4. The molecule has 20 heavy (non-hydrogen) atoms. The van der Waals surface area contributed by atoms with Gasteiger partial charge in [0.2, 0.25) is 0 Å². The first-order valence-corrected chi connectivity index (χ1v) is 8.12. The van der Waals surface area contributed by atoms with Crippen molar-refractivity contribution in [2.24, 2.45) is 0 Å². The summed E-state index contributed by atoms with van der Waals surface area (Å²) in [5.41, 5.74) is 0.841. The molecule has 2 atom stereocenters. The lowest BCUT2D eigenvalue weighted by Crippen LogP contribution is -2.42. The second-order valence-corrected chi connectivity index (χ2v) is 6.37. The monoisotopic (exact) mass is 500 g/mol. The molecular formula is C12H10I2N2O4. The van der Waals surface area contributed by atoms with Crippen LogP contribution < -0.4 is 5.32 Å². The number of ether oxygens (including phenoxy) is 1. The highest BCUT2D eigenvalue weighted by Gasteiger charge is 2.43. The van der Waals surface area contributed by atoms with Gasteiger partial charge in [0.05, 0.1) is 0 Å². The van der Waals surface area contributed by atoms with E-state index in [0.717, 1.165) is 10.5 Å². The smallest absolute Gasteiger partial charge is 0.340 e. The first-order chi connectivity index (χ1) is 9.50. The van der Waals surface area contributed by atoms with Crippen molar-refractivity contribution in [3.63, 3.8) is 0 Å². The largest absolute Gasteiger partial charge is 0.459 e. The molecule has 3 amide bonds. The third-order valence-electron chi connectivity index (χ3n) is 2.57. The molecule has 8 heteroatoms. The van der Waals surface area contributed by atoms with E-state index in [0.29, 0.717) is 0 Å². The fourth-order valence-corrected chi connectivity index (χ4v) is 2.85. The molecule has 0 aliphatic carbocycles. The van der Waals surface area contributed by atoms with Crippen molar-refractivity contribution >= 4 is 63.1 Å². The number of nitrogens with one attached hydrogen (secondary N) is 1. The SMILES string of the molecule is O=C(OCc1ccccc1)C(I)N1C(=O)NC(I)C1=O. The van der Waals surface area contributed by atoms with E-state index in [4.69, 9.17) is 4.74 Å². The molecule has 0 aromatic heterocycles. The maximum atomic E-state index is 11.9. The van der Waals surface area contributed by atoms with E-state index in [1.165, 1.54) is 0 Å². The second-order valence-electron chi connectivity index (χ2n) is 3.95. The summed E-state index contributed by atoms with van der Waals surface area (Å²) in [5.74, 6) is -1.06. The van der Waals surface area contributed by atoms with E-state index in [1.807, 2.05) is 30.3 Å². The molecule has 0 bridgehead atoms. The Morgan fingerprint density at radius 2 is 2.00 bits per heavy atom. The lowest BCUT2D eigenvalue weighted by atomic mass is 10.2. The van der Waals surface area contributed by atoms with E-state index < -0.39 is 26.0 Å². The molecule has 1 heterocycles. The average Bonchev–Trinajstić information content (AvgIpc) is 2.70. The van der Waals surface area contributed by atoms with Crippen LogP contribution in [0.1, 0.15) is 5.56 Å². The van der Waals surface area contributed by atoms with Crippen molar-refractivity contribution < 1.29 is 19.1 Å². The predicted molar refractivity (Wildman–Crippen MR) is 87.2 cm³/mol. The highest BCUT2D eigenvalue weighted by Crippen LogP contribution is 2.20. The Balaban J connectivity index is 1.95. The summed E-state index contributed by atoms with van der Waals surface area (Å²) >= 11 is 3.52. The predicted octanol–water partition coefficient (Wildman–Crippen LogP) is 1.80. The van der Waals surface area contributed by atoms with Crippen LogP contribution in [0.15, 0.2) is 30.3 Å². The summed E-state index contributed by atoms with van der Waals surface area (Å²) < 4.78 is 3.50. The molecule has 2 rings (SSSR count). The van der Waals surface area contributed by atoms with Gasteiger partial charge in [-0.05, 0) is 50.7 Å². The molecule has 106 valence electrons. The molecule has 6 nitrogen and oxygen atoms in total. The number of urea groups is 1. The molecule has 1 aliphatic rings. The van der Waals surface area contributed by atoms with E-state index in [2.05, 4.69) is 5.32 Å². The number of hydrogen-bond donors (Lipinski definition) is 1. The number of halogens is 2. The fourth-order valence-electron chi connectivity index (χ4n) is 1.58. The lowest BCUT2D eigenvalue weighted by molar-refractivity contribution is -0.148. The Hall–Kier alpha value is -0.910. The summed E-state index contributed by atoms with van der Waals surface area (Å²) in [6, 6.07) is 8.60. The summed E-state index contributed by atoms with van der Waals surface area (Å²) in [5, 5.41) is 2.44. The number of imide groups is 1. The Morgan fingerprint density at radius 3 is 2.55 bits per heavy atom. The maximum Gasteiger partial charge on any atom is 0.340 e. The number of rotatable bonds is 4. The van der Waals surface area contributed by atoms with Gasteiger partial charge in [0, 0.05) is 0 Å². The van der Waals surface area contributed by atoms with E-state index >= 15 is 0 Å². The standard InChI is InChI=1S/C12H10I2N2O4/c13-8-10(17)16(12(19)15-8)9(14)11(18)20-6-7-4-2-1-3-5-7/h1-5,8-9H,6H2,(H,15,19). The normalized spacial score (nSPS) is 19.7. The van der Waals surface area contributed by atoms with Gasteiger partial charge < -0.3 is 10.1 Å². The van der Waals surface area contributed by atoms with Gasteiger partial charge in [0.25, 0.3) is 5.91 Å². The molecule has 1 aromatic carbocycles. The molecule has 1 aromatic rings. The Labute approximate surface area is 142 Å². The van der Waals surface area contributed by atoms with Crippen molar-refractivity contribution in [3.8, 4) is 0 Å². The van der Waals surface area contributed by atoms with Crippen LogP contribution in [0.25, 0.3) is 0 Å². The number of esters is 1. The minimum atomic E-state index is -0.969. The van der Waals surface area contributed by atoms with Gasteiger partial charge in [-0.1, -0.05) is 30.3 Å². The summed E-state index contributed by atoms with van der Waals surface area (Å²) in [4.78, 5) is 36.1. The van der Waals surface area contributed by atoms with Crippen molar-refractivity contribution in [2.75, 3.05) is 0 Å². The van der Waals surface area contributed by atoms with Crippen LogP contribution in [0.4, 0.5) is 4.79 Å². The number of carbonyl (C=O) groups excluding carboxylic acids is 3. The highest BCUT2D eigenvalue weighted by atomic mass is 127. The quantitative estimate of drug-likeness (QED) is 0.225. The van der Waals surface area contributed by atoms with E-state index in [-0.39, 0.29) is 6.61 Å². The summed E-state index contributed by atoms with van der Waals surface area (Å²) in [6.07, 6.45) is 0. The zero-order valence-electron chi connectivity index (χ0n) is 10.1. The zero-order chi connectivity index (χ0) is 14.7. The third-order valence-corrected chi connectivity index (χ3v) is 4.48. The molecular weight excluding hydrogens is 490 g/mol. The summed E-state index contributed by atoms with van der Waals surface area (Å²) in [6.45, 7) is 0.108. The lowest BCUT2D eigenvalue weighted by Gasteiger charge is -2.18. The van der Waals surface area contributed by atoms with Crippen molar-refractivity contribution in [2.45, 2.75) is 14.7 Å². The van der Waals surface area contributed by atoms with Crippen LogP contribution in [0.5, 0.6) is 0 Å². The number of amides is 3. The molecule has 1 N–H and O–H groups in total. The van der Waals surface area contributed by atoms with Crippen LogP contribution in [0.3, 0.4) is 0 Å². The minimum Gasteiger partial charge on any atom is -0.459 e. The van der Waals surface area contributed by atoms with Crippen LogP contribution in [0, 0.1) is 0 Å². The Bertz CT molecular complexity index is 538. The van der Waals surface area contributed by atoms with E-state index in [1.54, 1.807) is 45.2 Å². The number of benzene rings is 1. The van der Waals surface area contributed by atoms with Gasteiger partial charge in [0.1, 0.15) is 6.61 Å². The van der Waals surface area contributed by atoms with Gasteiger partial charge in [-0.15, -0.1) is 0 Å². The second kappa shape index (κ2) is 6.70. The van der Waals surface area contributed by atoms with Crippen molar-refractivity contribution in [1.29, 1.82) is 0 Å². The first kappa shape index (κ1) is 15.5. The van der Waals surface area contributed by atoms with Crippen LogP contribution >= 0.6 is 45.2 Å². The average molecular weight is 500 g/mol. The highest BCUT2D eigenvalue weighted by molar-refractivity contribution is 14.1. The molecule has 0 radical (unpaired) electrons. The fraction of sp³-hybridized carbons (Fsp3) is 0.250. The molecule has 2 unspecified atom stereocenters. The van der Waals surface area contributed by atoms with Gasteiger partial charge in [-0.2, -0.15) is 0 Å². The van der Waals surface area contributed by atoms with E-state index in [9.17, 15) is 14.4 Å². The van der Waals surface area contributed by atoms with Crippen molar-refractivity contribution in [1.82, 2.24) is 10.2 Å². The van der Waals surface area contributed by atoms with Gasteiger partial charge in [-0.25, -0.2) is 14.5 Å². The molecule has 1 aliphatic heterocycles. The minimum absolute atomic E-state index is 0.108. The topological polar surface area (TPSA) is 75.7 Å². The zero-order valence-corrected chi connectivity index (χ0v) is 14.4. The Morgan fingerprint density at radius 1 is 1.35 bits per heavy atom. The number of carbonyl (C=O) groups is 3. The van der Waals surface area contributed by atoms with Gasteiger partial charge in [-0.3, -0.25) is 4.79 Å². The van der Waals surface area contributed by atoms with Gasteiger partial charge in [0.15, 0.2) is 8.10 Å². The van der Waals surface area contributed by atoms with Gasteiger partial charge >= 0.3 is 12.0 Å². The van der Waals surface area contributed by atoms with Crippen molar-refractivity contribution in [3.05, 3.63) is 35.9 Å². The van der Waals surface area contributed by atoms with Crippen LogP contribution in [-0.4, -0.2) is 30.9 Å². The molecule has 0 saturated carbocycles.